The molecule has 0 aliphatic carbocycles. The molecule has 1 aromatic heterocycles. The van der Waals surface area contributed by atoms with Crippen LogP contribution in [0.4, 0.5) is 0 Å². The van der Waals surface area contributed by atoms with E-state index < -0.39 is 0 Å². The van der Waals surface area contributed by atoms with Gasteiger partial charge >= 0.3 is 0 Å². The molecule has 1 unspecified atom stereocenters. The topological polar surface area (TPSA) is 23.6 Å². The summed E-state index contributed by atoms with van der Waals surface area (Å²) in [6.45, 7) is 2.93. The van der Waals surface area contributed by atoms with Gasteiger partial charge in [0.2, 0.25) is 0 Å². The molecule has 2 rings (SSSR count). The Morgan fingerprint density at radius 1 is 1.47 bits per heavy atom. The fourth-order valence-corrected chi connectivity index (χ4v) is 2.93. The van der Waals surface area contributed by atoms with Crippen LogP contribution in [0.15, 0.2) is 16.8 Å². The van der Waals surface area contributed by atoms with E-state index in [2.05, 4.69) is 40.7 Å². The molecular formula is C13H20N2OS. The number of thiophene rings is 1. The number of aryl methyl sites for hydroxylation is 1. The van der Waals surface area contributed by atoms with Crippen molar-refractivity contribution in [2.45, 2.75) is 18.9 Å². The summed E-state index contributed by atoms with van der Waals surface area (Å²) in [5.41, 5.74) is 1.29. The Kier molecular flexibility index (Phi) is 4.31. The van der Waals surface area contributed by atoms with Crippen molar-refractivity contribution in [1.29, 1.82) is 0 Å². The highest BCUT2D eigenvalue weighted by Gasteiger charge is 2.27. The molecule has 1 fully saturated rings. The summed E-state index contributed by atoms with van der Waals surface area (Å²) >= 11 is 1.70. The third-order valence-corrected chi connectivity index (χ3v) is 4.19. The number of hydrogen-bond acceptors (Lipinski definition) is 4. The van der Waals surface area contributed by atoms with Crippen molar-refractivity contribution in [2.24, 2.45) is 0 Å². The molecule has 0 bridgehead atoms. The van der Waals surface area contributed by atoms with Gasteiger partial charge in [0, 0.05) is 26.1 Å². The van der Waals surface area contributed by atoms with E-state index in [1.165, 1.54) is 5.56 Å². The zero-order valence-corrected chi connectivity index (χ0v) is 11.4. The van der Waals surface area contributed by atoms with Crippen molar-refractivity contribution in [1.82, 2.24) is 9.80 Å². The number of hydrogen-bond donors (Lipinski definition) is 0. The van der Waals surface area contributed by atoms with E-state index in [1.54, 1.807) is 11.3 Å². The number of likely N-dealkylation sites (N-methyl/N-ethyl adjacent to an activating group) is 2. The minimum Gasteiger partial charge on any atom is -0.303 e. The average molecular weight is 252 g/mol. The van der Waals surface area contributed by atoms with Crippen molar-refractivity contribution in [3.63, 3.8) is 0 Å². The summed E-state index contributed by atoms with van der Waals surface area (Å²) < 4.78 is 0. The van der Waals surface area contributed by atoms with Gasteiger partial charge in [0.15, 0.2) is 5.78 Å². The molecule has 3 nitrogen and oxygen atoms in total. The molecule has 17 heavy (non-hydrogen) atoms. The first-order valence-electron chi connectivity index (χ1n) is 6.09. The van der Waals surface area contributed by atoms with E-state index in [9.17, 15) is 4.79 Å². The summed E-state index contributed by atoms with van der Waals surface area (Å²) in [6, 6.07) is 2.20. The molecule has 1 atom stereocenters. The Bertz CT molecular complexity index is 364. The molecule has 94 valence electrons. The second kappa shape index (κ2) is 5.76. The van der Waals surface area contributed by atoms with Gasteiger partial charge in [0.1, 0.15) is 0 Å². The van der Waals surface area contributed by atoms with E-state index in [0.29, 0.717) is 12.2 Å². The summed E-state index contributed by atoms with van der Waals surface area (Å²) in [4.78, 5) is 16.6. The van der Waals surface area contributed by atoms with Gasteiger partial charge in [0.05, 0.1) is 6.04 Å². The molecule has 4 heteroatoms. The fraction of sp³-hybridized carbons (Fsp3) is 0.615. The lowest BCUT2D eigenvalue weighted by Crippen LogP contribution is -2.53. The summed E-state index contributed by atoms with van der Waals surface area (Å²) in [6.07, 6.45) is 1.55. The number of piperazine rings is 1. The zero-order chi connectivity index (χ0) is 12.3. The highest BCUT2D eigenvalue weighted by atomic mass is 32.1. The van der Waals surface area contributed by atoms with Gasteiger partial charge in [-0.05, 0) is 42.9 Å². The minimum atomic E-state index is 0.0902. The van der Waals surface area contributed by atoms with Crippen LogP contribution in [0.5, 0.6) is 0 Å². The number of Topliss-reactive ketones (excluding diaryl/α,β-unsaturated/α-hetero) is 1. The largest absolute Gasteiger partial charge is 0.303 e. The predicted molar refractivity (Wildman–Crippen MR) is 71.6 cm³/mol. The number of carbonyl (C=O) groups excluding carboxylic acids is 1. The van der Waals surface area contributed by atoms with Crippen LogP contribution in [0.2, 0.25) is 0 Å². The van der Waals surface area contributed by atoms with Crippen molar-refractivity contribution < 1.29 is 4.79 Å². The molecule has 1 saturated heterocycles. The number of nitrogens with zero attached hydrogens (tertiary/aromatic N) is 2. The molecule has 0 spiro atoms. The number of ketones is 1. The molecule has 0 amide bonds. The first-order chi connectivity index (χ1) is 8.16. The van der Waals surface area contributed by atoms with E-state index in [-0.39, 0.29) is 6.04 Å². The Labute approximate surface area is 107 Å². The Balaban J connectivity index is 1.86. The maximum Gasteiger partial charge on any atom is 0.151 e. The van der Waals surface area contributed by atoms with Gasteiger partial charge in [-0.3, -0.25) is 9.69 Å². The first-order valence-corrected chi connectivity index (χ1v) is 7.03. The predicted octanol–water partition coefficient (Wildman–Crippen LogP) is 1.50. The standard InChI is InChI=1S/C13H20N2OS/c1-14-6-7-15(2)12(9-14)13(16)4-3-11-5-8-17-10-11/h5,8,10,12H,3-4,6-7,9H2,1-2H3. The molecule has 1 aromatic rings. The fourth-order valence-electron chi connectivity index (χ4n) is 2.23. The smallest absolute Gasteiger partial charge is 0.151 e. The van der Waals surface area contributed by atoms with Gasteiger partial charge in [-0.1, -0.05) is 0 Å². The van der Waals surface area contributed by atoms with Crippen LogP contribution in [0, 0.1) is 0 Å². The second-order valence-corrected chi connectivity index (χ2v) is 5.64. The quantitative estimate of drug-likeness (QED) is 0.811. The number of rotatable bonds is 4. The van der Waals surface area contributed by atoms with Gasteiger partial charge in [-0.2, -0.15) is 11.3 Å². The molecule has 1 aliphatic rings. The lowest BCUT2D eigenvalue weighted by Gasteiger charge is -2.36. The van der Waals surface area contributed by atoms with Crippen LogP contribution in [-0.4, -0.2) is 55.4 Å². The van der Waals surface area contributed by atoms with Crippen molar-refractivity contribution in [2.75, 3.05) is 33.7 Å². The lowest BCUT2D eigenvalue weighted by atomic mass is 10.0. The van der Waals surface area contributed by atoms with Gasteiger partial charge in [0.25, 0.3) is 0 Å². The Hall–Kier alpha value is -0.710. The monoisotopic (exact) mass is 252 g/mol. The first kappa shape index (κ1) is 12.7. The van der Waals surface area contributed by atoms with Crippen molar-refractivity contribution >= 4 is 17.1 Å². The van der Waals surface area contributed by atoms with Gasteiger partial charge in [-0.25, -0.2) is 0 Å². The maximum absolute atomic E-state index is 12.2. The van der Waals surface area contributed by atoms with Crippen LogP contribution in [0.25, 0.3) is 0 Å². The third kappa shape index (κ3) is 3.37. The third-order valence-electron chi connectivity index (χ3n) is 3.46. The van der Waals surface area contributed by atoms with Crippen LogP contribution >= 0.6 is 11.3 Å². The van der Waals surface area contributed by atoms with E-state index in [1.807, 2.05) is 0 Å². The van der Waals surface area contributed by atoms with Crippen LogP contribution in [0.3, 0.4) is 0 Å². The zero-order valence-electron chi connectivity index (χ0n) is 10.6. The van der Waals surface area contributed by atoms with Crippen molar-refractivity contribution in [3.8, 4) is 0 Å². The SMILES string of the molecule is CN1CCN(C)C(C(=O)CCc2ccsc2)C1. The van der Waals surface area contributed by atoms with E-state index in [4.69, 9.17) is 0 Å². The average Bonchev–Trinajstić information content (AvgIpc) is 2.82. The van der Waals surface area contributed by atoms with Gasteiger partial charge in [-0.15, -0.1) is 0 Å². The summed E-state index contributed by atoms with van der Waals surface area (Å²) in [7, 11) is 4.15. The lowest BCUT2D eigenvalue weighted by molar-refractivity contribution is -0.125. The molecule has 0 saturated carbocycles. The molecule has 0 N–H and O–H groups in total. The Morgan fingerprint density at radius 2 is 2.29 bits per heavy atom. The molecule has 0 aromatic carbocycles. The molecule has 2 heterocycles. The normalized spacial score (nSPS) is 22.8. The Morgan fingerprint density at radius 3 is 3.00 bits per heavy atom. The molecular weight excluding hydrogens is 232 g/mol. The van der Waals surface area contributed by atoms with Crippen LogP contribution in [0.1, 0.15) is 12.0 Å². The van der Waals surface area contributed by atoms with E-state index in [0.717, 1.165) is 26.1 Å². The second-order valence-electron chi connectivity index (χ2n) is 4.86. The molecule has 0 radical (unpaired) electrons. The summed E-state index contributed by atoms with van der Waals surface area (Å²) in [5, 5.41) is 4.20. The summed E-state index contributed by atoms with van der Waals surface area (Å²) in [5.74, 6) is 0.380. The maximum atomic E-state index is 12.2. The van der Waals surface area contributed by atoms with Gasteiger partial charge < -0.3 is 4.90 Å². The van der Waals surface area contributed by atoms with Crippen LogP contribution < -0.4 is 0 Å². The molecule has 1 aliphatic heterocycles. The highest BCUT2D eigenvalue weighted by molar-refractivity contribution is 7.07. The van der Waals surface area contributed by atoms with Crippen LogP contribution in [-0.2, 0) is 11.2 Å². The number of carbonyl (C=O) groups is 1. The highest BCUT2D eigenvalue weighted by Crippen LogP contribution is 2.13. The minimum absolute atomic E-state index is 0.0902. The van der Waals surface area contributed by atoms with E-state index >= 15 is 0 Å². The van der Waals surface area contributed by atoms with Crippen molar-refractivity contribution in [3.05, 3.63) is 22.4 Å².